The van der Waals surface area contributed by atoms with Crippen molar-refractivity contribution in [1.82, 2.24) is 20.4 Å². The van der Waals surface area contributed by atoms with Crippen LogP contribution in [0.15, 0.2) is 24.3 Å². The Bertz CT molecular complexity index is 696. The van der Waals surface area contributed by atoms with Crippen LogP contribution in [0.3, 0.4) is 0 Å². The Kier molecular flexibility index (Phi) is 5.55. The standard InChI is InChI=1S/C20H27ClN4O2/c21-15-6-4-14(5-7-15)17-11-22-12-18(17)19(26)23-8-10-24-13-16-3-1-2-9-25(16)20(24)27/h4-7,16-18,22H,1-3,8-13H2,(H,23,26)/t16?,17-,18+/m0/s1. The first kappa shape index (κ1) is 18.6. The average molecular weight is 391 g/mol. The lowest BCUT2D eigenvalue weighted by Crippen LogP contribution is -2.41. The maximum absolute atomic E-state index is 12.7. The summed E-state index contributed by atoms with van der Waals surface area (Å²) in [5.41, 5.74) is 1.14. The molecule has 0 saturated carbocycles. The van der Waals surface area contributed by atoms with E-state index in [1.54, 1.807) is 0 Å². The van der Waals surface area contributed by atoms with Crippen LogP contribution in [0.1, 0.15) is 30.7 Å². The summed E-state index contributed by atoms with van der Waals surface area (Å²) in [6, 6.07) is 8.25. The van der Waals surface area contributed by atoms with Gasteiger partial charge < -0.3 is 20.4 Å². The molecule has 0 bridgehead atoms. The molecule has 0 aliphatic carbocycles. The van der Waals surface area contributed by atoms with Crippen LogP contribution in [0.25, 0.3) is 0 Å². The monoisotopic (exact) mass is 390 g/mol. The summed E-state index contributed by atoms with van der Waals surface area (Å²) in [4.78, 5) is 29.1. The number of rotatable bonds is 5. The minimum atomic E-state index is -0.0909. The Labute approximate surface area is 165 Å². The molecular formula is C20H27ClN4O2. The highest BCUT2D eigenvalue weighted by molar-refractivity contribution is 6.30. The molecule has 4 rings (SSSR count). The third kappa shape index (κ3) is 3.92. The highest BCUT2D eigenvalue weighted by Crippen LogP contribution is 2.29. The number of fused-ring (bicyclic) bond motifs is 1. The molecule has 7 heteroatoms. The Morgan fingerprint density at radius 3 is 2.81 bits per heavy atom. The molecule has 3 aliphatic heterocycles. The number of urea groups is 1. The minimum Gasteiger partial charge on any atom is -0.354 e. The minimum absolute atomic E-state index is 0.0596. The lowest BCUT2D eigenvalue weighted by Gasteiger charge is -2.27. The number of amides is 3. The van der Waals surface area contributed by atoms with Gasteiger partial charge in [0.25, 0.3) is 0 Å². The van der Waals surface area contributed by atoms with Crippen molar-refractivity contribution in [2.75, 3.05) is 39.3 Å². The van der Waals surface area contributed by atoms with Crippen molar-refractivity contribution in [2.24, 2.45) is 5.92 Å². The van der Waals surface area contributed by atoms with Gasteiger partial charge in [0.1, 0.15) is 0 Å². The van der Waals surface area contributed by atoms with Crippen molar-refractivity contribution in [3.05, 3.63) is 34.9 Å². The summed E-state index contributed by atoms with van der Waals surface area (Å²) in [5, 5.41) is 7.08. The second-order valence-electron chi connectivity index (χ2n) is 7.79. The topological polar surface area (TPSA) is 64.7 Å². The quantitative estimate of drug-likeness (QED) is 0.808. The molecule has 2 N–H and O–H groups in total. The van der Waals surface area contributed by atoms with E-state index in [2.05, 4.69) is 10.6 Å². The van der Waals surface area contributed by atoms with Crippen molar-refractivity contribution in [3.8, 4) is 0 Å². The van der Waals surface area contributed by atoms with Crippen molar-refractivity contribution in [1.29, 1.82) is 0 Å². The molecule has 0 aromatic heterocycles. The fraction of sp³-hybridized carbons (Fsp3) is 0.600. The van der Waals surface area contributed by atoms with Crippen molar-refractivity contribution >= 4 is 23.5 Å². The van der Waals surface area contributed by atoms with Gasteiger partial charge in [0, 0.05) is 50.2 Å². The molecule has 6 nitrogen and oxygen atoms in total. The Hall–Kier alpha value is -1.79. The van der Waals surface area contributed by atoms with Gasteiger partial charge in [0.15, 0.2) is 0 Å². The predicted octanol–water partition coefficient (Wildman–Crippen LogP) is 2.05. The van der Waals surface area contributed by atoms with Crippen LogP contribution >= 0.6 is 11.6 Å². The van der Waals surface area contributed by atoms with Crippen LogP contribution < -0.4 is 10.6 Å². The molecule has 146 valence electrons. The van der Waals surface area contributed by atoms with Gasteiger partial charge in [-0.15, -0.1) is 0 Å². The third-order valence-corrected chi connectivity index (χ3v) is 6.36. The van der Waals surface area contributed by atoms with Crippen LogP contribution in [0.5, 0.6) is 0 Å². The summed E-state index contributed by atoms with van der Waals surface area (Å²) in [7, 11) is 0. The number of benzene rings is 1. The van der Waals surface area contributed by atoms with Gasteiger partial charge in [-0.3, -0.25) is 4.79 Å². The van der Waals surface area contributed by atoms with E-state index < -0.39 is 0 Å². The largest absolute Gasteiger partial charge is 0.354 e. The van der Waals surface area contributed by atoms with Crippen LogP contribution in [0.2, 0.25) is 5.02 Å². The van der Waals surface area contributed by atoms with E-state index in [4.69, 9.17) is 11.6 Å². The maximum atomic E-state index is 12.7. The van der Waals surface area contributed by atoms with Crippen LogP contribution in [-0.2, 0) is 4.79 Å². The highest BCUT2D eigenvalue weighted by Gasteiger charge is 2.38. The highest BCUT2D eigenvalue weighted by atomic mass is 35.5. The molecule has 3 amide bonds. The molecule has 1 aromatic carbocycles. The molecular weight excluding hydrogens is 364 g/mol. The van der Waals surface area contributed by atoms with Crippen LogP contribution in [0.4, 0.5) is 4.79 Å². The van der Waals surface area contributed by atoms with Crippen molar-refractivity contribution in [3.63, 3.8) is 0 Å². The van der Waals surface area contributed by atoms with E-state index in [0.29, 0.717) is 30.7 Å². The lowest BCUT2D eigenvalue weighted by molar-refractivity contribution is -0.124. The number of carbonyl (C=O) groups excluding carboxylic acids is 2. The summed E-state index contributed by atoms with van der Waals surface area (Å²) < 4.78 is 0. The number of halogens is 1. The van der Waals surface area contributed by atoms with Gasteiger partial charge in [-0.1, -0.05) is 23.7 Å². The summed E-state index contributed by atoms with van der Waals surface area (Å²) >= 11 is 5.97. The fourth-order valence-electron chi connectivity index (χ4n) is 4.60. The molecule has 1 unspecified atom stereocenters. The SMILES string of the molecule is O=C(NCCN1CC2CCCCN2C1=O)[C@@H]1CNC[C@H]1c1ccc(Cl)cc1. The Balaban J connectivity index is 1.29. The van der Waals surface area contributed by atoms with Crippen LogP contribution in [0, 0.1) is 5.92 Å². The molecule has 0 radical (unpaired) electrons. The number of nitrogens with zero attached hydrogens (tertiary/aromatic N) is 2. The van der Waals surface area contributed by atoms with Gasteiger partial charge >= 0.3 is 6.03 Å². The zero-order chi connectivity index (χ0) is 18.8. The molecule has 3 saturated heterocycles. The van der Waals surface area contributed by atoms with E-state index in [9.17, 15) is 9.59 Å². The zero-order valence-corrected chi connectivity index (χ0v) is 16.3. The van der Waals surface area contributed by atoms with Gasteiger partial charge in [-0.05, 0) is 37.0 Å². The maximum Gasteiger partial charge on any atom is 0.320 e. The van der Waals surface area contributed by atoms with Gasteiger partial charge in [-0.2, -0.15) is 0 Å². The summed E-state index contributed by atoms with van der Waals surface area (Å²) in [6.07, 6.45) is 3.42. The van der Waals surface area contributed by atoms with Gasteiger partial charge in [-0.25, -0.2) is 4.79 Å². The first-order valence-electron chi connectivity index (χ1n) is 9.93. The average Bonchev–Trinajstić information content (AvgIpc) is 3.28. The van der Waals surface area contributed by atoms with Crippen molar-refractivity contribution in [2.45, 2.75) is 31.2 Å². The molecule has 3 heterocycles. The normalized spacial score (nSPS) is 27.7. The number of piperidine rings is 1. The summed E-state index contributed by atoms with van der Waals surface area (Å²) in [5.74, 6) is 0.126. The van der Waals surface area contributed by atoms with Gasteiger partial charge in [0.2, 0.25) is 5.91 Å². The molecule has 3 fully saturated rings. The molecule has 27 heavy (non-hydrogen) atoms. The molecule has 3 atom stereocenters. The fourth-order valence-corrected chi connectivity index (χ4v) is 4.73. The lowest BCUT2D eigenvalue weighted by atomic mass is 9.88. The number of nitrogens with one attached hydrogen (secondary N) is 2. The Morgan fingerprint density at radius 1 is 1.22 bits per heavy atom. The third-order valence-electron chi connectivity index (χ3n) is 6.10. The van der Waals surface area contributed by atoms with E-state index in [1.807, 2.05) is 34.1 Å². The number of hydrogen-bond donors (Lipinski definition) is 2. The smallest absolute Gasteiger partial charge is 0.320 e. The number of carbonyl (C=O) groups is 2. The van der Waals surface area contributed by atoms with Gasteiger partial charge in [0.05, 0.1) is 12.0 Å². The van der Waals surface area contributed by atoms with E-state index >= 15 is 0 Å². The molecule has 1 aromatic rings. The van der Waals surface area contributed by atoms with Crippen molar-refractivity contribution < 1.29 is 9.59 Å². The van der Waals surface area contributed by atoms with E-state index in [-0.39, 0.29) is 23.8 Å². The zero-order valence-electron chi connectivity index (χ0n) is 15.5. The number of hydrogen-bond acceptors (Lipinski definition) is 3. The van der Waals surface area contributed by atoms with E-state index in [1.165, 1.54) is 6.42 Å². The first-order chi connectivity index (χ1) is 13.1. The summed E-state index contributed by atoms with van der Waals surface area (Å²) in [6.45, 7) is 4.24. The second kappa shape index (κ2) is 8.07. The molecule has 0 spiro atoms. The first-order valence-corrected chi connectivity index (χ1v) is 10.3. The predicted molar refractivity (Wildman–Crippen MR) is 105 cm³/mol. The Morgan fingerprint density at radius 2 is 2.04 bits per heavy atom. The van der Waals surface area contributed by atoms with E-state index in [0.717, 1.165) is 38.0 Å². The van der Waals surface area contributed by atoms with Crippen LogP contribution in [-0.4, -0.2) is 67.0 Å². The molecule has 3 aliphatic rings. The second-order valence-corrected chi connectivity index (χ2v) is 8.22.